The average molecular weight is 492 g/mol. The highest BCUT2D eigenvalue weighted by molar-refractivity contribution is 6.93. The number of hydrogen-bond donors (Lipinski definition) is 0. The molecule has 6 heteroatoms. The highest BCUT2D eigenvalue weighted by Gasteiger charge is 2.45. The quantitative estimate of drug-likeness (QED) is 0.0959. The summed E-state index contributed by atoms with van der Waals surface area (Å²) < 4.78 is 13.4. The lowest BCUT2D eigenvalue weighted by molar-refractivity contribution is -0.384. The van der Waals surface area contributed by atoms with E-state index in [-0.39, 0.29) is 5.69 Å². The van der Waals surface area contributed by atoms with Crippen molar-refractivity contribution in [2.24, 2.45) is 0 Å². The van der Waals surface area contributed by atoms with Crippen molar-refractivity contribution in [3.05, 3.63) is 95.0 Å². The first-order valence-electron chi connectivity index (χ1n) is 12.8. The van der Waals surface area contributed by atoms with Gasteiger partial charge in [-0.15, -0.1) is 0 Å². The molecule has 0 aliphatic heterocycles. The number of benzene rings is 3. The molecule has 0 saturated carbocycles. The fraction of sp³-hybridized carbons (Fsp3) is 0.379. The number of hydrogen-bond acceptors (Lipinski definition) is 4. The van der Waals surface area contributed by atoms with Crippen molar-refractivity contribution in [3.8, 4) is 5.75 Å². The molecule has 0 spiro atoms. The highest BCUT2D eigenvalue weighted by Crippen LogP contribution is 2.22. The van der Waals surface area contributed by atoms with Crippen molar-refractivity contribution in [1.29, 1.82) is 0 Å². The molecule has 0 aliphatic rings. The second-order valence-electron chi connectivity index (χ2n) is 8.88. The van der Waals surface area contributed by atoms with Crippen molar-refractivity contribution in [1.82, 2.24) is 0 Å². The van der Waals surface area contributed by atoms with Gasteiger partial charge in [0.2, 0.25) is 0 Å². The highest BCUT2D eigenvalue weighted by atomic mass is 28.4. The van der Waals surface area contributed by atoms with E-state index in [1.54, 1.807) is 12.1 Å². The zero-order valence-corrected chi connectivity index (χ0v) is 21.7. The summed E-state index contributed by atoms with van der Waals surface area (Å²) in [6.07, 6.45) is 11.3. The first kappa shape index (κ1) is 26.6. The van der Waals surface area contributed by atoms with Gasteiger partial charge in [-0.3, -0.25) is 10.1 Å². The fourth-order valence-electron chi connectivity index (χ4n) is 4.23. The molecule has 0 heterocycles. The zero-order chi connectivity index (χ0) is 24.8. The topological polar surface area (TPSA) is 61.6 Å². The van der Waals surface area contributed by atoms with Crippen LogP contribution in [0.2, 0.25) is 0 Å². The molecule has 5 nitrogen and oxygen atoms in total. The van der Waals surface area contributed by atoms with Crippen LogP contribution in [0.1, 0.15) is 64.7 Å². The first-order chi connectivity index (χ1) is 17.2. The lowest BCUT2D eigenvalue weighted by atomic mass is 10.1. The van der Waals surface area contributed by atoms with Crippen LogP contribution >= 0.6 is 0 Å². The van der Waals surface area contributed by atoms with Gasteiger partial charge in [-0.25, -0.2) is 0 Å². The monoisotopic (exact) mass is 491 g/mol. The summed E-state index contributed by atoms with van der Waals surface area (Å²) in [7, 11) is -3.09. The predicted octanol–water partition coefficient (Wildman–Crippen LogP) is 6.78. The SMILES string of the molecule is CCCCCCCCCCCO[Si](Oc1ccc([N+](=O)[O-])cc1)(c1ccccc1)c1ccccc1. The summed E-state index contributed by atoms with van der Waals surface area (Å²) in [6, 6.07) is 26.5. The maximum absolute atomic E-state index is 11.1. The molecule has 0 saturated heterocycles. The predicted molar refractivity (Wildman–Crippen MR) is 145 cm³/mol. The minimum absolute atomic E-state index is 0.0413. The molecular weight excluding hydrogens is 454 g/mol. The van der Waals surface area contributed by atoms with E-state index < -0.39 is 13.5 Å². The van der Waals surface area contributed by atoms with Crippen molar-refractivity contribution in [2.75, 3.05) is 6.61 Å². The number of nitro benzene ring substituents is 1. The van der Waals surface area contributed by atoms with Crippen LogP contribution < -0.4 is 14.8 Å². The Morgan fingerprint density at radius 1 is 0.686 bits per heavy atom. The Balaban J connectivity index is 1.74. The molecule has 0 amide bonds. The van der Waals surface area contributed by atoms with Gasteiger partial charge in [0, 0.05) is 29.1 Å². The van der Waals surface area contributed by atoms with E-state index in [0.29, 0.717) is 12.4 Å². The molecule has 186 valence electrons. The molecule has 0 N–H and O–H groups in total. The molecule has 0 unspecified atom stereocenters. The molecule has 35 heavy (non-hydrogen) atoms. The molecule has 0 bridgehead atoms. The largest absolute Gasteiger partial charge is 0.514 e. The number of nitro groups is 1. The molecule has 0 aliphatic carbocycles. The van der Waals surface area contributed by atoms with Crippen LogP contribution in [0.15, 0.2) is 84.9 Å². The summed E-state index contributed by atoms with van der Waals surface area (Å²) in [5, 5.41) is 13.1. The molecule has 3 aromatic rings. The van der Waals surface area contributed by atoms with Gasteiger partial charge in [0.25, 0.3) is 5.69 Å². The molecule has 0 fully saturated rings. The summed E-state index contributed by atoms with van der Waals surface area (Å²) in [5.41, 5.74) is 0.0413. The second-order valence-corrected chi connectivity index (χ2v) is 11.8. The summed E-state index contributed by atoms with van der Waals surface area (Å²) in [6.45, 7) is 2.86. The van der Waals surface area contributed by atoms with E-state index in [4.69, 9.17) is 8.85 Å². The van der Waals surface area contributed by atoms with Gasteiger partial charge in [0.1, 0.15) is 5.75 Å². The van der Waals surface area contributed by atoms with Crippen LogP contribution in [-0.4, -0.2) is 20.1 Å². The Morgan fingerprint density at radius 2 is 1.17 bits per heavy atom. The van der Waals surface area contributed by atoms with Gasteiger partial charge >= 0.3 is 8.56 Å². The van der Waals surface area contributed by atoms with E-state index in [1.807, 2.05) is 36.4 Å². The van der Waals surface area contributed by atoms with Crippen LogP contribution in [0.3, 0.4) is 0 Å². The number of unbranched alkanes of at least 4 members (excludes halogenated alkanes) is 8. The molecule has 0 atom stereocenters. The van der Waals surface area contributed by atoms with E-state index in [0.717, 1.165) is 23.2 Å². The van der Waals surface area contributed by atoms with Crippen molar-refractivity contribution >= 4 is 24.6 Å². The normalized spacial score (nSPS) is 11.3. The maximum atomic E-state index is 11.1. The fourth-order valence-corrected chi connectivity index (χ4v) is 7.35. The third-order valence-electron chi connectivity index (χ3n) is 6.17. The Bertz CT molecular complexity index is 957. The third-order valence-corrected chi connectivity index (χ3v) is 9.49. The Kier molecular flexibility index (Phi) is 11.0. The van der Waals surface area contributed by atoms with Gasteiger partial charge < -0.3 is 8.85 Å². The van der Waals surface area contributed by atoms with Crippen LogP contribution in [0.4, 0.5) is 5.69 Å². The van der Waals surface area contributed by atoms with Crippen molar-refractivity contribution in [2.45, 2.75) is 64.7 Å². The van der Waals surface area contributed by atoms with E-state index >= 15 is 0 Å². The zero-order valence-electron chi connectivity index (χ0n) is 20.7. The van der Waals surface area contributed by atoms with Crippen molar-refractivity contribution in [3.63, 3.8) is 0 Å². The summed E-state index contributed by atoms with van der Waals surface area (Å²) in [4.78, 5) is 10.7. The van der Waals surface area contributed by atoms with Gasteiger partial charge in [-0.05, 0) is 18.6 Å². The van der Waals surface area contributed by atoms with Crippen LogP contribution in [0.5, 0.6) is 5.75 Å². The van der Waals surface area contributed by atoms with Gasteiger partial charge in [-0.2, -0.15) is 0 Å². The second kappa shape index (κ2) is 14.4. The molecule has 3 aromatic carbocycles. The summed E-state index contributed by atoms with van der Waals surface area (Å²) in [5.74, 6) is 0.571. The summed E-state index contributed by atoms with van der Waals surface area (Å²) >= 11 is 0. The minimum atomic E-state index is -3.09. The number of non-ortho nitro benzene ring substituents is 1. The van der Waals surface area contributed by atoms with Crippen LogP contribution in [0.25, 0.3) is 0 Å². The van der Waals surface area contributed by atoms with Crippen LogP contribution in [0, 0.1) is 10.1 Å². The Labute approximate surface area is 210 Å². The maximum Gasteiger partial charge on any atom is 0.468 e. The molecule has 3 rings (SSSR count). The molecular formula is C29H37NO4Si. The Hall–Kier alpha value is -2.96. The van der Waals surface area contributed by atoms with E-state index in [9.17, 15) is 10.1 Å². The number of nitrogens with zero attached hydrogens (tertiary/aromatic N) is 1. The van der Waals surface area contributed by atoms with Crippen molar-refractivity contribution < 1.29 is 13.8 Å². The van der Waals surface area contributed by atoms with Gasteiger partial charge in [-0.1, -0.05) is 119 Å². The van der Waals surface area contributed by atoms with Gasteiger partial charge in [0.15, 0.2) is 0 Å². The lowest BCUT2D eigenvalue weighted by Crippen LogP contribution is -2.66. The van der Waals surface area contributed by atoms with Gasteiger partial charge in [0.05, 0.1) is 4.92 Å². The van der Waals surface area contributed by atoms with E-state index in [2.05, 4.69) is 31.2 Å². The van der Waals surface area contributed by atoms with Crippen LogP contribution in [-0.2, 0) is 4.43 Å². The molecule has 0 radical (unpaired) electrons. The smallest absolute Gasteiger partial charge is 0.468 e. The van der Waals surface area contributed by atoms with E-state index in [1.165, 1.54) is 57.1 Å². The standard InChI is InChI=1S/C29H37NO4Si/c1-2-3-4-5-6-7-8-9-16-25-33-35(28-17-12-10-13-18-28,29-19-14-11-15-20-29)34-27-23-21-26(22-24-27)30(31)32/h10-15,17-24H,2-9,16,25H2,1H3. The lowest BCUT2D eigenvalue weighted by Gasteiger charge is -2.32. The first-order valence-corrected chi connectivity index (χ1v) is 14.7. The number of rotatable bonds is 16. The average Bonchev–Trinajstić information content (AvgIpc) is 2.90. The minimum Gasteiger partial charge on any atom is -0.514 e. The Morgan fingerprint density at radius 3 is 1.66 bits per heavy atom. The molecule has 0 aromatic heterocycles. The third kappa shape index (κ3) is 8.04.